The van der Waals surface area contributed by atoms with Gasteiger partial charge in [-0.1, -0.05) is 0 Å². The predicted molar refractivity (Wildman–Crippen MR) is 150 cm³/mol. The van der Waals surface area contributed by atoms with Crippen LogP contribution in [0.4, 0.5) is 20.3 Å². The van der Waals surface area contributed by atoms with E-state index in [0.717, 1.165) is 43.1 Å². The second-order valence-corrected chi connectivity index (χ2v) is 10.2. The lowest BCUT2D eigenvalue weighted by molar-refractivity contribution is 0.0677. The summed E-state index contributed by atoms with van der Waals surface area (Å²) in [5.41, 5.74) is 3.04. The summed E-state index contributed by atoms with van der Waals surface area (Å²) >= 11 is 0. The van der Waals surface area contributed by atoms with Gasteiger partial charge >= 0.3 is 0 Å². The Bertz CT molecular complexity index is 1340. The molecule has 0 aliphatic carbocycles. The van der Waals surface area contributed by atoms with E-state index in [1.54, 1.807) is 17.2 Å². The molecule has 0 radical (unpaired) electrons. The lowest BCUT2D eigenvalue weighted by Gasteiger charge is -2.30. The molecule has 3 saturated heterocycles. The first-order valence-corrected chi connectivity index (χ1v) is 13.3. The van der Waals surface area contributed by atoms with Crippen LogP contribution in [-0.4, -0.2) is 77.9 Å². The highest BCUT2D eigenvalue weighted by Crippen LogP contribution is 2.40. The van der Waals surface area contributed by atoms with E-state index in [9.17, 15) is 18.7 Å². The standard InChI is InChI=1S/C28H31F2N5O3.H2S/c29-19-13-20(30)15-22(14-19)34-5-2-4-25(34)23-11-18(28(37)35-6-1-3-21(35)17-36)12-24-27(23)32-26(16-31-24)33-7-9-38-10-8-33;/h11-16,21,25,36H,1-10,17H2;1H2/t21-,25?;/m0./s1. The number of carbonyl (C=O) groups excluding carboxylic acids is 1. The Kier molecular flexibility index (Phi) is 8.20. The van der Waals surface area contributed by atoms with Crippen molar-refractivity contribution < 1.29 is 23.4 Å². The molecule has 0 bridgehead atoms. The van der Waals surface area contributed by atoms with Crippen LogP contribution in [0.1, 0.15) is 47.6 Å². The van der Waals surface area contributed by atoms with E-state index >= 15 is 0 Å². The molecule has 0 spiro atoms. The van der Waals surface area contributed by atoms with Crippen LogP contribution in [0.2, 0.25) is 0 Å². The molecule has 3 aliphatic rings. The molecule has 0 saturated carbocycles. The number of benzene rings is 2. The van der Waals surface area contributed by atoms with Gasteiger partial charge in [-0.05, 0) is 49.9 Å². The Labute approximate surface area is 233 Å². The van der Waals surface area contributed by atoms with Crippen LogP contribution >= 0.6 is 13.5 Å². The summed E-state index contributed by atoms with van der Waals surface area (Å²) in [5, 5.41) is 9.79. The van der Waals surface area contributed by atoms with Gasteiger partial charge in [-0.2, -0.15) is 13.5 Å². The molecule has 2 atom stereocenters. The number of rotatable bonds is 5. The quantitative estimate of drug-likeness (QED) is 0.511. The van der Waals surface area contributed by atoms with Crippen LogP contribution in [0.25, 0.3) is 11.0 Å². The average Bonchev–Trinajstić information content (AvgIpc) is 3.62. The molecule has 11 heteroatoms. The van der Waals surface area contributed by atoms with Gasteiger partial charge in [-0.25, -0.2) is 13.8 Å². The Balaban J connectivity index is 0.00000308. The number of nitrogens with zero attached hydrogens (tertiary/aromatic N) is 5. The van der Waals surface area contributed by atoms with Crippen molar-refractivity contribution in [3.8, 4) is 0 Å². The lowest BCUT2D eigenvalue weighted by Crippen LogP contribution is -2.38. The van der Waals surface area contributed by atoms with Gasteiger partial charge in [0.2, 0.25) is 0 Å². The molecular weight excluding hydrogens is 524 g/mol. The highest BCUT2D eigenvalue weighted by Gasteiger charge is 2.33. The van der Waals surface area contributed by atoms with Gasteiger partial charge < -0.3 is 24.5 Å². The van der Waals surface area contributed by atoms with Gasteiger partial charge in [-0.3, -0.25) is 9.78 Å². The number of hydrogen-bond donors (Lipinski definition) is 1. The van der Waals surface area contributed by atoms with Crippen molar-refractivity contribution in [3.05, 3.63) is 59.3 Å². The molecule has 39 heavy (non-hydrogen) atoms. The molecule has 3 aliphatic heterocycles. The maximum absolute atomic E-state index is 14.2. The van der Waals surface area contributed by atoms with Gasteiger partial charge in [0.25, 0.3) is 5.91 Å². The minimum atomic E-state index is -0.627. The minimum absolute atomic E-state index is 0. The van der Waals surface area contributed by atoms with Crippen molar-refractivity contribution in [1.29, 1.82) is 0 Å². The fourth-order valence-electron chi connectivity index (χ4n) is 6.02. The number of anilines is 2. The van der Waals surface area contributed by atoms with Gasteiger partial charge in [-0.15, -0.1) is 0 Å². The second-order valence-electron chi connectivity index (χ2n) is 10.2. The van der Waals surface area contributed by atoms with E-state index in [1.807, 2.05) is 11.0 Å². The third kappa shape index (κ3) is 5.39. The number of hydrogen-bond acceptors (Lipinski definition) is 7. The van der Waals surface area contributed by atoms with Crippen molar-refractivity contribution in [2.75, 3.05) is 55.8 Å². The molecule has 1 unspecified atom stereocenters. The van der Waals surface area contributed by atoms with Crippen LogP contribution in [-0.2, 0) is 4.74 Å². The number of aliphatic hydroxyl groups excluding tert-OH is 1. The first-order chi connectivity index (χ1) is 18.5. The molecule has 1 amide bonds. The number of likely N-dealkylation sites (tertiary alicyclic amines) is 1. The molecule has 8 nitrogen and oxygen atoms in total. The topological polar surface area (TPSA) is 82.0 Å². The smallest absolute Gasteiger partial charge is 0.254 e. The fourth-order valence-corrected chi connectivity index (χ4v) is 6.02. The first kappa shape index (κ1) is 27.5. The molecule has 2 aromatic carbocycles. The van der Waals surface area contributed by atoms with Crippen LogP contribution in [0.5, 0.6) is 0 Å². The lowest BCUT2D eigenvalue weighted by atomic mass is 9.98. The van der Waals surface area contributed by atoms with Gasteiger partial charge in [0.1, 0.15) is 17.5 Å². The second kappa shape index (κ2) is 11.6. The number of morpholine rings is 1. The normalized spacial score (nSPS) is 21.5. The molecule has 3 aromatic rings. The Hall–Kier alpha value is -3.02. The highest BCUT2D eigenvalue weighted by atomic mass is 32.1. The van der Waals surface area contributed by atoms with Crippen molar-refractivity contribution in [3.63, 3.8) is 0 Å². The molecule has 1 N–H and O–H groups in total. The van der Waals surface area contributed by atoms with Crippen molar-refractivity contribution >= 4 is 41.9 Å². The van der Waals surface area contributed by atoms with Gasteiger partial charge in [0.15, 0.2) is 0 Å². The number of fused-ring (bicyclic) bond motifs is 1. The number of halogens is 2. The summed E-state index contributed by atoms with van der Waals surface area (Å²) in [6.45, 7) is 3.80. The number of carbonyl (C=O) groups is 1. The maximum atomic E-state index is 14.2. The van der Waals surface area contributed by atoms with Crippen LogP contribution in [0.3, 0.4) is 0 Å². The SMILES string of the molecule is O=C(c1cc(C2CCCN2c2cc(F)cc(F)c2)c2nc(N3CCOCC3)cnc2c1)N1CCC[C@H]1CO.S. The molecule has 208 valence electrons. The maximum Gasteiger partial charge on any atom is 0.254 e. The van der Waals surface area contributed by atoms with Crippen molar-refractivity contribution in [2.45, 2.75) is 37.8 Å². The third-order valence-corrected chi connectivity index (χ3v) is 7.89. The summed E-state index contributed by atoms with van der Waals surface area (Å²) in [4.78, 5) is 29.2. The van der Waals surface area contributed by atoms with Crippen LogP contribution in [0, 0.1) is 11.6 Å². The predicted octanol–water partition coefficient (Wildman–Crippen LogP) is 3.80. The molecule has 1 aromatic heterocycles. The largest absolute Gasteiger partial charge is 0.394 e. The minimum Gasteiger partial charge on any atom is -0.394 e. The Morgan fingerprint density at radius 2 is 1.74 bits per heavy atom. The Morgan fingerprint density at radius 1 is 1.00 bits per heavy atom. The monoisotopic (exact) mass is 557 g/mol. The van der Waals surface area contributed by atoms with E-state index in [0.29, 0.717) is 61.7 Å². The molecule has 4 heterocycles. The molecular formula is C28H33F2N5O3S. The third-order valence-electron chi connectivity index (χ3n) is 7.89. The van der Waals surface area contributed by atoms with E-state index < -0.39 is 11.6 Å². The van der Waals surface area contributed by atoms with E-state index in [-0.39, 0.29) is 38.1 Å². The zero-order chi connectivity index (χ0) is 26.2. The summed E-state index contributed by atoms with van der Waals surface area (Å²) in [6.07, 6.45) is 4.93. The zero-order valence-electron chi connectivity index (χ0n) is 21.7. The number of ether oxygens (including phenoxy) is 1. The highest BCUT2D eigenvalue weighted by molar-refractivity contribution is 7.59. The molecule has 3 fully saturated rings. The number of amides is 1. The van der Waals surface area contributed by atoms with Crippen molar-refractivity contribution in [2.24, 2.45) is 0 Å². The number of aromatic nitrogens is 2. The summed E-state index contributed by atoms with van der Waals surface area (Å²) in [7, 11) is 0. The van der Waals surface area contributed by atoms with Crippen LogP contribution in [0.15, 0.2) is 36.5 Å². The van der Waals surface area contributed by atoms with Crippen molar-refractivity contribution in [1.82, 2.24) is 14.9 Å². The van der Waals surface area contributed by atoms with E-state index in [2.05, 4.69) is 4.90 Å². The fraction of sp³-hybridized carbons (Fsp3) is 0.464. The first-order valence-electron chi connectivity index (χ1n) is 13.3. The van der Waals surface area contributed by atoms with Crippen LogP contribution < -0.4 is 9.80 Å². The summed E-state index contributed by atoms with van der Waals surface area (Å²) < 4.78 is 33.8. The van der Waals surface area contributed by atoms with E-state index in [1.165, 1.54) is 12.1 Å². The van der Waals surface area contributed by atoms with Gasteiger partial charge in [0.05, 0.1) is 49.1 Å². The summed E-state index contributed by atoms with van der Waals surface area (Å²) in [5.74, 6) is -0.664. The van der Waals surface area contributed by atoms with Gasteiger partial charge in [0, 0.05) is 49.1 Å². The Morgan fingerprint density at radius 3 is 2.49 bits per heavy atom. The zero-order valence-corrected chi connectivity index (χ0v) is 22.7. The summed E-state index contributed by atoms with van der Waals surface area (Å²) in [6, 6.07) is 6.78. The average molecular weight is 558 g/mol. The molecule has 6 rings (SSSR count). The van der Waals surface area contributed by atoms with E-state index in [4.69, 9.17) is 14.7 Å². The number of aliphatic hydroxyl groups is 1.